The third-order valence-electron chi connectivity index (χ3n) is 3.41. The van der Waals surface area contributed by atoms with E-state index in [9.17, 15) is 10.1 Å². The summed E-state index contributed by atoms with van der Waals surface area (Å²) >= 11 is 6.20. The van der Waals surface area contributed by atoms with Gasteiger partial charge in [0.25, 0.3) is 5.91 Å². The predicted molar refractivity (Wildman–Crippen MR) is 81.8 cm³/mol. The van der Waals surface area contributed by atoms with Crippen molar-refractivity contribution in [1.82, 2.24) is 5.32 Å². The van der Waals surface area contributed by atoms with E-state index in [0.717, 1.165) is 19.3 Å². The van der Waals surface area contributed by atoms with Crippen LogP contribution in [0.15, 0.2) is 17.7 Å². The highest BCUT2D eigenvalue weighted by atomic mass is 35.5. The number of nitriles is 1. The summed E-state index contributed by atoms with van der Waals surface area (Å²) < 4.78 is 11.1. The number of carbonyl (C=O) groups is 1. The zero-order valence-corrected chi connectivity index (χ0v) is 12.7. The number of rotatable bonds is 3. The van der Waals surface area contributed by atoms with Gasteiger partial charge >= 0.3 is 0 Å². The predicted octanol–water partition coefficient (Wildman–Crippen LogP) is 2.69. The van der Waals surface area contributed by atoms with Crippen LogP contribution in [0.25, 0.3) is 6.08 Å². The third-order valence-corrected chi connectivity index (χ3v) is 3.69. The summed E-state index contributed by atoms with van der Waals surface area (Å²) in [5.41, 5.74) is 0.689. The Bertz CT molecular complexity index is 675. The summed E-state index contributed by atoms with van der Waals surface area (Å²) in [5.74, 6) is 0.696. The smallest absolute Gasteiger partial charge is 0.262 e. The van der Waals surface area contributed by atoms with Crippen LogP contribution in [0, 0.1) is 11.3 Å². The van der Waals surface area contributed by atoms with E-state index in [4.69, 9.17) is 21.1 Å². The van der Waals surface area contributed by atoms with Gasteiger partial charge in [-0.05, 0) is 36.6 Å². The molecule has 0 spiro atoms. The first-order chi connectivity index (χ1) is 10.7. The van der Waals surface area contributed by atoms with Gasteiger partial charge in [0.1, 0.15) is 11.6 Å². The molecule has 1 heterocycles. The second-order valence-electron chi connectivity index (χ2n) is 5.30. The van der Waals surface area contributed by atoms with Gasteiger partial charge in [-0.3, -0.25) is 4.79 Å². The molecule has 0 saturated heterocycles. The molecule has 1 amide bonds. The molecule has 0 radical (unpaired) electrons. The quantitative estimate of drug-likeness (QED) is 0.687. The van der Waals surface area contributed by atoms with Gasteiger partial charge in [0.05, 0.1) is 18.2 Å². The van der Waals surface area contributed by atoms with Gasteiger partial charge in [-0.1, -0.05) is 11.6 Å². The Morgan fingerprint density at radius 1 is 1.36 bits per heavy atom. The van der Waals surface area contributed by atoms with Gasteiger partial charge < -0.3 is 14.8 Å². The SMILES string of the molecule is N#C/C(=C\c1cc(Cl)c2c(c1)OCCCO2)C(=O)NC1CC1. The number of fused-ring (bicyclic) bond motifs is 1. The first kappa shape index (κ1) is 14.7. The normalized spacial score (nSPS) is 17.4. The number of nitrogens with one attached hydrogen (secondary N) is 1. The fourth-order valence-electron chi connectivity index (χ4n) is 2.14. The average Bonchev–Trinajstić information content (AvgIpc) is 3.31. The lowest BCUT2D eigenvalue weighted by Gasteiger charge is -2.10. The van der Waals surface area contributed by atoms with Crippen molar-refractivity contribution in [2.45, 2.75) is 25.3 Å². The van der Waals surface area contributed by atoms with Gasteiger partial charge in [0.15, 0.2) is 11.5 Å². The summed E-state index contributed by atoms with van der Waals surface area (Å²) in [5, 5.41) is 12.4. The number of ether oxygens (including phenoxy) is 2. The lowest BCUT2D eigenvalue weighted by Crippen LogP contribution is -2.26. The Kier molecular flexibility index (Phi) is 4.21. The molecule has 1 saturated carbocycles. The maximum Gasteiger partial charge on any atom is 0.262 e. The average molecular weight is 319 g/mol. The van der Waals surface area contributed by atoms with Crippen molar-refractivity contribution in [3.05, 3.63) is 28.3 Å². The van der Waals surface area contributed by atoms with Crippen LogP contribution in [0.4, 0.5) is 0 Å². The van der Waals surface area contributed by atoms with E-state index >= 15 is 0 Å². The molecule has 0 aromatic heterocycles. The Morgan fingerprint density at radius 2 is 2.14 bits per heavy atom. The summed E-state index contributed by atoms with van der Waals surface area (Å²) in [6.45, 7) is 1.10. The summed E-state index contributed by atoms with van der Waals surface area (Å²) in [7, 11) is 0. The summed E-state index contributed by atoms with van der Waals surface area (Å²) in [6.07, 6.45) is 4.24. The molecule has 1 fully saturated rings. The lowest BCUT2D eigenvalue weighted by atomic mass is 10.1. The van der Waals surface area contributed by atoms with Crippen LogP contribution >= 0.6 is 11.6 Å². The second kappa shape index (κ2) is 6.29. The van der Waals surface area contributed by atoms with Gasteiger partial charge in [-0.25, -0.2) is 0 Å². The third kappa shape index (κ3) is 3.34. The molecule has 0 atom stereocenters. The highest BCUT2D eigenvalue weighted by Gasteiger charge is 2.25. The summed E-state index contributed by atoms with van der Waals surface area (Å²) in [6, 6.07) is 5.53. The van der Waals surface area contributed by atoms with Gasteiger partial charge in [-0.15, -0.1) is 0 Å². The lowest BCUT2D eigenvalue weighted by molar-refractivity contribution is -0.117. The molecule has 1 aromatic carbocycles. The van der Waals surface area contributed by atoms with Crippen LogP contribution in [0.1, 0.15) is 24.8 Å². The minimum Gasteiger partial charge on any atom is -0.489 e. The molecule has 1 aliphatic carbocycles. The van der Waals surface area contributed by atoms with Crippen molar-refractivity contribution in [3.63, 3.8) is 0 Å². The standard InChI is InChI=1S/C16H15ClN2O3/c17-13-7-10(8-14-15(13)22-5-1-4-21-14)6-11(9-18)16(20)19-12-2-3-12/h6-8,12H,1-5H2,(H,19,20)/b11-6+. The van der Waals surface area contributed by atoms with E-state index in [-0.39, 0.29) is 17.5 Å². The molecule has 0 unspecified atom stereocenters. The number of hydrogen-bond acceptors (Lipinski definition) is 4. The molecule has 1 aliphatic heterocycles. The fraction of sp³-hybridized carbons (Fsp3) is 0.375. The van der Waals surface area contributed by atoms with Crippen LogP contribution in [-0.2, 0) is 4.79 Å². The number of halogens is 1. The van der Waals surface area contributed by atoms with E-state index in [2.05, 4.69) is 5.32 Å². The van der Waals surface area contributed by atoms with Crippen molar-refractivity contribution < 1.29 is 14.3 Å². The van der Waals surface area contributed by atoms with E-state index in [1.165, 1.54) is 6.08 Å². The molecule has 6 heteroatoms. The van der Waals surface area contributed by atoms with Crippen molar-refractivity contribution in [1.29, 1.82) is 5.26 Å². The fourth-order valence-corrected chi connectivity index (χ4v) is 2.41. The monoisotopic (exact) mass is 318 g/mol. The first-order valence-electron chi connectivity index (χ1n) is 7.19. The Labute approximate surface area is 133 Å². The molecule has 2 aliphatic rings. The highest BCUT2D eigenvalue weighted by Crippen LogP contribution is 2.38. The number of amides is 1. The molecule has 1 aromatic rings. The minimum absolute atomic E-state index is 0.0532. The Hall–Kier alpha value is -2.19. The number of nitrogens with zero attached hydrogens (tertiary/aromatic N) is 1. The zero-order valence-electron chi connectivity index (χ0n) is 11.9. The van der Waals surface area contributed by atoms with Gasteiger partial charge in [0.2, 0.25) is 0 Å². The van der Waals surface area contributed by atoms with E-state index < -0.39 is 0 Å². The van der Waals surface area contributed by atoms with Gasteiger partial charge in [-0.2, -0.15) is 5.26 Å². The van der Waals surface area contributed by atoms with Crippen molar-refractivity contribution in [3.8, 4) is 17.6 Å². The van der Waals surface area contributed by atoms with E-state index in [0.29, 0.717) is 35.3 Å². The topological polar surface area (TPSA) is 71.3 Å². The Morgan fingerprint density at radius 3 is 2.86 bits per heavy atom. The van der Waals surface area contributed by atoms with Crippen LogP contribution < -0.4 is 14.8 Å². The number of carbonyl (C=O) groups excluding carboxylic acids is 1. The molecular formula is C16H15ClN2O3. The minimum atomic E-state index is -0.353. The maximum absolute atomic E-state index is 12.0. The van der Waals surface area contributed by atoms with Crippen LogP contribution in [0.2, 0.25) is 5.02 Å². The highest BCUT2D eigenvalue weighted by molar-refractivity contribution is 6.32. The van der Waals surface area contributed by atoms with Crippen LogP contribution in [-0.4, -0.2) is 25.2 Å². The molecule has 0 bridgehead atoms. The van der Waals surface area contributed by atoms with E-state index in [1.807, 2.05) is 6.07 Å². The second-order valence-corrected chi connectivity index (χ2v) is 5.71. The zero-order chi connectivity index (χ0) is 15.5. The molecular weight excluding hydrogens is 304 g/mol. The van der Waals surface area contributed by atoms with E-state index in [1.54, 1.807) is 12.1 Å². The maximum atomic E-state index is 12.0. The van der Waals surface area contributed by atoms with Crippen molar-refractivity contribution >= 4 is 23.6 Å². The molecule has 22 heavy (non-hydrogen) atoms. The van der Waals surface area contributed by atoms with Crippen LogP contribution in [0.3, 0.4) is 0 Å². The van der Waals surface area contributed by atoms with Crippen molar-refractivity contribution in [2.75, 3.05) is 13.2 Å². The van der Waals surface area contributed by atoms with Crippen LogP contribution in [0.5, 0.6) is 11.5 Å². The summed E-state index contributed by atoms with van der Waals surface area (Å²) in [4.78, 5) is 12.0. The molecule has 3 rings (SSSR count). The first-order valence-corrected chi connectivity index (χ1v) is 7.57. The van der Waals surface area contributed by atoms with Gasteiger partial charge in [0, 0.05) is 12.5 Å². The Balaban J connectivity index is 1.88. The molecule has 5 nitrogen and oxygen atoms in total. The number of hydrogen-bond donors (Lipinski definition) is 1. The van der Waals surface area contributed by atoms with Crippen molar-refractivity contribution in [2.24, 2.45) is 0 Å². The molecule has 114 valence electrons. The molecule has 1 N–H and O–H groups in total. The largest absolute Gasteiger partial charge is 0.489 e. The number of benzene rings is 1.